The van der Waals surface area contributed by atoms with Gasteiger partial charge < -0.3 is 10.5 Å². The van der Waals surface area contributed by atoms with Crippen LogP contribution in [-0.2, 0) is 21.3 Å². The lowest BCUT2D eigenvalue weighted by molar-refractivity contribution is -0.0114. The van der Waals surface area contributed by atoms with Crippen LogP contribution in [0.25, 0.3) is 0 Å². The Bertz CT molecular complexity index is 586. The van der Waals surface area contributed by atoms with Gasteiger partial charge in [-0.25, -0.2) is 8.42 Å². The van der Waals surface area contributed by atoms with Gasteiger partial charge in [-0.15, -0.1) is 0 Å². The van der Waals surface area contributed by atoms with E-state index in [9.17, 15) is 8.42 Å². The summed E-state index contributed by atoms with van der Waals surface area (Å²) in [4.78, 5) is 0.118. The molecule has 2 atom stereocenters. The van der Waals surface area contributed by atoms with Crippen LogP contribution in [0.4, 0.5) is 5.82 Å². The maximum atomic E-state index is 12.7. The smallest absolute Gasteiger partial charge is 0.248 e. The van der Waals surface area contributed by atoms with E-state index in [-0.39, 0.29) is 22.9 Å². The number of sulfonamides is 1. The van der Waals surface area contributed by atoms with Crippen LogP contribution in [-0.4, -0.2) is 47.8 Å². The Morgan fingerprint density at radius 3 is 2.65 bits per heavy atom. The first-order chi connectivity index (χ1) is 9.50. The van der Waals surface area contributed by atoms with Gasteiger partial charge in [0.1, 0.15) is 4.90 Å². The fourth-order valence-electron chi connectivity index (χ4n) is 2.87. The van der Waals surface area contributed by atoms with Crippen molar-refractivity contribution in [3.63, 3.8) is 0 Å². The second-order valence-electron chi connectivity index (χ2n) is 5.42. The summed E-state index contributed by atoms with van der Waals surface area (Å²) in [6.45, 7) is 3.49. The van der Waals surface area contributed by atoms with Crippen molar-refractivity contribution in [1.29, 1.82) is 0 Å². The van der Waals surface area contributed by atoms with Gasteiger partial charge in [0.05, 0.1) is 12.2 Å². The van der Waals surface area contributed by atoms with Crippen LogP contribution in [0, 0.1) is 0 Å². The first kappa shape index (κ1) is 13.8. The molecule has 0 radical (unpaired) electrons. The number of aromatic nitrogens is 2. The average molecular weight is 300 g/mol. The van der Waals surface area contributed by atoms with Crippen molar-refractivity contribution in [3.8, 4) is 0 Å². The molecule has 0 amide bonds. The minimum atomic E-state index is -3.57. The highest BCUT2D eigenvalue weighted by Gasteiger charge is 2.40. The van der Waals surface area contributed by atoms with Crippen LogP contribution in [0.3, 0.4) is 0 Å². The lowest BCUT2D eigenvalue weighted by Gasteiger charge is -2.30. The fourth-order valence-corrected chi connectivity index (χ4v) is 4.44. The summed E-state index contributed by atoms with van der Waals surface area (Å²) >= 11 is 0. The number of nitrogens with zero attached hydrogens (tertiary/aromatic N) is 3. The number of hydrogen-bond acceptors (Lipinski definition) is 5. The Kier molecular flexibility index (Phi) is 3.47. The van der Waals surface area contributed by atoms with Crippen molar-refractivity contribution in [2.75, 3.05) is 18.8 Å². The molecule has 112 valence electrons. The molecular weight excluding hydrogens is 280 g/mol. The molecule has 3 heterocycles. The van der Waals surface area contributed by atoms with E-state index >= 15 is 0 Å². The van der Waals surface area contributed by atoms with Crippen molar-refractivity contribution in [2.45, 2.75) is 49.8 Å². The third kappa shape index (κ3) is 2.32. The normalized spacial score (nSPS) is 27.1. The maximum Gasteiger partial charge on any atom is 0.248 e. The fraction of sp³-hybridized carbons (Fsp3) is 0.750. The van der Waals surface area contributed by atoms with E-state index in [1.807, 2.05) is 6.92 Å². The largest absolute Gasteiger partial charge is 0.381 e. The molecule has 20 heavy (non-hydrogen) atoms. The highest BCUT2D eigenvalue weighted by atomic mass is 32.2. The number of hydrogen-bond donors (Lipinski definition) is 1. The second kappa shape index (κ2) is 5.01. The Labute approximate surface area is 118 Å². The second-order valence-corrected chi connectivity index (χ2v) is 7.33. The van der Waals surface area contributed by atoms with E-state index in [1.165, 1.54) is 10.5 Å². The molecule has 0 saturated carbocycles. The number of ether oxygens (including phenoxy) is 1. The van der Waals surface area contributed by atoms with Gasteiger partial charge in [0.25, 0.3) is 0 Å². The molecule has 3 rings (SSSR count). The first-order valence-electron chi connectivity index (χ1n) is 6.99. The number of nitrogens with two attached hydrogens (primary N) is 1. The number of aryl methyl sites for hydroxylation is 1. The summed E-state index contributed by atoms with van der Waals surface area (Å²) in [6.07, 6.45) is 4.32. The van der Waals surface area contributed by atoms with Crippen LogP contribution in [0.5, 0.6) is 0 Å². The third-order valence-corrected chi connectivity index (χ3v) is 5.68. The monoisotopic (exact) mass is 300 g/mol. The van der Waals surface area contributed by atoms with Crippen LogP contribution < -0.4 is 5.73 Å². The Morgan fingerprint density at radius 2 is 2.05 bits per heavy atom. The zero-order chi connectivity index (χ0) is 14.3. The van der Waals surface area contributed by atoms with Crippen molar-refractivity contribution in [2.24, 2.45) is 0 Å². The van der Waals surface area contributed by atoms with Crippen molar-refractivity contribution >= 4 is 15.8 Å². The molecule has 0 aromatic carbocycles. The summed E-state index contributed by atoms with van der Waals surface area (Å²) in [7, 11) is -3.57. The Balaban J connectivity index is 1.88. The molecule has 2 aliphatic rings. The van der Waals surface area contributed by atoms with Gasteiger partial charge >= 0.3 is 0 Å². The molecule has 2 N–H and O–H groups in total. The van der Waals surface area contributed by atoms with Crippen molar-refractivity contribution < 1.29 is 13.2 Å². The lowest BCUT2D eigenvalue weighted by Crippen LogP contribution is -2.45. The summed E-state index contributed by atoms with van der Waals surface area (Å²) in [5.41, 5.74) is 5.78. The molecule has 2 saturated heterocycles. The van der Waals surface area contributed by atoms with Crippen LogP contribution in [0.1, 0.15) is 26.2 Å². The third-order valence-electron chi connectivity index (χ3n) is 3.84. The minimum Gasteiger partial charge on any atom is -0.381 e. The van der Waals surface area contributed by atoms with E-state index in [4.69, 9.17) is 10.5 Å². The Morgan fingerprint density at radius 1 is 1.40 bits per heavy atom. The predicted octanol–water partition coefficient (Wildman–Crippen LogP) is 0.427. The van der Waals surface area contributed by atoms with Gasteiger partial charge in [0.15, 0.2) is 5.82 Å². The summed E-state index contributed by atoms with van der Waals surface area (Å²) in [6, 6.07) is 0. The van der Waals surface area contributed by atoms with Crippen LogP contribution in [0.2, 0.25) is 0 Å². The summed E-state index contributed by atoms with van der Waals surface area (Å²) < 4.78 is 34.1. The maximum absolute atomic E-state index is 12.7. The number of fused-ring (bicyclic) bond motifs is 2. The van der Waals surface area contributed by atoms with Crippen molar-refractivity contribution in [1.82, 2.24) is 14.1 Å². The molecule has 1 aromatic heterocycles. The standard InChI is InChI=1S/C12H20N4O3S/c1-2-5-15-8-11(12(13)14-15)20(17,18)16-6-9-3-4-10(7-16)19-9/h8-10H,2-7H2,1H3,(H2,13,14). The molecule has 2 bridgehead atoms. The predicted molar refractivity (Wildman–Crippen MR) is 73.6 cm³/mol. The van der Waals surface area contributed by atoms with Crippen molar-refractivity contribution in [3.05, 3.63) is 6.20 Å². The van der Waals surface area contributed by atoms with Gasteiger partial charge in [-0.05, 0) is 19.3 Å². The highest BCUT2D eigenvalue weighted by molar-refractivity contribution is 7.89. The summed E-state index contributed by atoms with van der Waals surface area (Å²) in [5, 5.41) is 4.07. The molecular formula is C12H20N4O3S. The number of nitrogen functional groups attached to an aromatic ring is 1. The van der Waals surface area contributed by atoms with Gasteiger partial charge in [-0.2, -0.15) is 9.40 Å². The quantitative estimate of drug-likeness (QED) is 0.870. The number of morpholine rings is 1. The van der Waals surface area contributed by atoms with E-state index in [2.05, 4.69) is 5.10 Å². The first-order valence-corrected chi connectivity index (χ1v) is 8.43. The van der Waals surface area contributed by atoms with Crippen LogP contribution >= 0.6 is 0 Å². The van der Waals surface area contributed by atoms with E-state index in [1.54, 1.807) is 4.68 Å². The van der Waals surface area contributed by atoms with Gasteiger partial charge in [-0.1, -0.05) is 6.92 Å². The molecule has 2 aliphatic heterocycles. The molecule has 2 unspecified atom stereocenters. The average Bonchev–Trinajstić information content (AvgIpc) is 2.93. The molecule has 0 aliphatic carbocycles. The number of anilines is 1. The molecule has 8 heteroatoms. The van der Waals surface area contributed by atoms with Gasteiger partial charge in [0, 0.05) is 25.8 Å². The minimum absolute atomic E-state index is 0.0236. The lowest BCUT2D eigenvalue weighted by atomic mass is 10.2. The van der Waals surface area contributed by atoms with Gasteiger partial charge in [-0.3, -0.25) is 4.68 Å². The zero-order valence-electron chi connectivity index (χ0n) is 11.5. The van der Waals surface area contributed by atoms with Gasteiger partial charge in [0.2, 0.25) is 10.0 Å². The van der Waals surface area contributed by atoms with E-state index < -0.39 is 10.0 Å². The molecule has 2 fully saturated rings. The van der Waals surface area contributed by atoms with E-state index in [0.29, 0.717) is 19.6 Å². The number of rotatable bonds is 4. The molecule has 1 aromatic rings. The summed E-state index contributed by atoms with van der Waals surface area (Å²) in [5.74, 6) is 0.0808. The highest BCUT2D eigenvalue weighted by Crippen LogP contribution is 2.31. The zero-order valence-corrected chi connectivity index (χ0v) is 12.3. The molecule has 0 spiro atoms. The molecule has 7 nitrogen and oxygen atoms in total. The van der Waals surface area contributed by atoms with E-state index in [0.717, 1.165) is 19.3 Å². The topological polar surface area (TPSA) is 90.5 Å². The SMILES string of the molecule is CCCn1cc(S(=O)(=O)N2CC3CCC(C2)O3)c(N)n1. The Hall–Kier alpha value is -1.12. The van der Waals surface area contributed by atoms with Crippen LogP contribution in [0.15, 0.2) is 11.1 Å².